The van der Waals surface area contributed by atoms with E-state index in [4.69, 9.17) is 4.74 Å². The predicted molar refractivity (Wildman–Crippen MR) is 87.5 cm³/mol. The lowest BCUT2D eigenvalue weighted by molar-refractivity contribution is 0.0603. The molecule has 2 heterocycles. The van der Waals surface area contributed by atoms with Crippen molar-refractivity contribution < 1.29 is 4.74 Å². The van der Waals surface area contributed by atoms with Crippen LogP contribution in [0.4, 0.5) is 0 Å². The zero-order valence-electron chi connectivity index (χ0n) is 11.6. The first-order valence-corrected chi connectivity index (χ1v) is 9.11. The summed E-state index contributed by atoms with van der Waals surface area (Å²) in [5.41, 5.74) is 1.35. The van der Waals surface area contributed by atoms with Gasteiger partial charge >= 0.3 is 0 Å². The van der Waals surface area contributed by atoms with Gasteiger partial charge < -0.3 is 10.1 Å². The maximum absolute atomic E-state index is 5.85. The SMILES string of the molecule is c1csc(-c2csc(CNCCOC3CCCC3)c2)c1. The molecule has 2 aromatic rings. The first kappa shape index (κ1) is 14.3. The van der Waals surface area contributed by atoms with Crippen molar-refractivity contribution in [3.63, 3.8) is 0 Å². The topological polar surface area (TPSA) is 21.3 Å². The van der Waals surface area contributed by atoms with Crippen LogP contribution < -0.4 is 5.32 Å². The van der Waals surface area contributed by atoms with Gasteiger partial charge in [-0.05, 0) is 35.7 Å². The second-order valence-corrected chi connectivity index (χ2v) is 7.18. The molecule has 0 aromatic carbocycles. The standard InChI is InChI=1S/C16H21NOS2/c1-2-5-14(4-1)18-8-7-17-11-15-10-13(12-20-15)16-6-3-9-19-16/h3,6,9-10,12,14,17H,1-2,4-5,7-8,11H2. The number of rotatable bonds is 7. The van der Waals surface area contributed by atoms with E-state index < -0.39 is 0 Å². The lowest BCUT2D eigenvalue weighted by Gasteiger charge is -2.10. The van der Waals surface area contributed by atoms with Crippen LogP contribution in [-0.4, -0.2) is 19.3 Å². The van der Waals surface area contributed by atoms with Gasteiger partial charge in [-0.25, -0.2) is 0 Å². The molecule has 1 aliphatic rings. The average molecular weight is 307 g/mol. The Hall–Kier alpha value is -0.680. The molecular weight excluding hydrogens is 286 g/mol. The Morgan fingerprint density at radius 2 is 2.15 bits per heavy atom. The molecule has 0 saturated heterocycles. The summed E-state index contributed by atoms with van der Waals surface area (Å²) in [6.07, 6.45) is 5.74. The molecule has 20 heavy (non-hydrogen) atoms. The summed E-state index contributed by atoms with van der Waals surface area (Å²) >= 11 is 3.64. The van der Waals surface area contributed by atoms with E-state index in [1.807, 2.05) is 11.3 Å². The number of thiophene rings is 2. The molecule has 3 rings (SSSR count). The third-order valence-corrected chi connectivity index (χ3v) is 5.55. The van der Waals surface area contributed by atoms with Crippen LogP contribution in [-0.2, 0) is 11.3 Å². The highest BCUT2D eigenvalue weighted by Crippen LogP contribution is 2.29. The fourth-order valence-electron chi connectivity index (χ4n) is 2.61. The van der Waals surface area contributed by atoms with Crippen LogP contribution in [0.3, 0.4) is 0 Å². The zero-order valence-corrected chi connectivity index (χ0v) is 13.3. The third kappa shape index (κ3) is 3.92. The molecule has 108 valence electrons. The number of nitrogens with one attached hydrogen (secondary N) is 1. The van der Waals surface area contributed by atoms with Gasteiger partial charge in [-0.2, -0.15) is 0 Å². The summed E-state index contributed by atoms with van der Waals surface area (Å²) in [4.78, 5) is 2.76. The Labute approximate surface area is 128 Å². The van der Waals surface area contributed by atoms with Crippen molar-refractivity contribution in [2.75, 3.05) is 13.2 Å². The van der Waals surface area contributed by atoms with Gasteiger partial charge in [-0.15, -0.1) is 22.7 Å². The van der Waals surface area contributed by atoms with E-state index in [0.717, 1.165) is 19.7 Å². The first-order valence-electron chi connectivity index (χ1n) is 7.35. The van der Waals surface area contributed by atoms with Gasteiger partial charge in [0, 0.05) is 28.4 Å². The molecule has 1 N–H and O–H groups in total. The molecule has 0 radical (unpaired) electrons. The van der Waals surface area contributed by atoms with Gasteiger partial charge in [0.1, 0.15) is 0 Å². The Bertz CT molecular complexity index is 500. The molecule has 1 aliphatic carbocycles. The average Bonchev–Trinajstić information content (AvgIpc) is 3.21. The van der Waals surface area contributed by atoms with E-state index in [1.165, 1.54) is 41.0 Å². The number of hydrogen-bond acceptors (Lipinski definition) is 4. The molecule has 1 fully saturated rings. The fraction of sp³-hybridized carbons (Fsp3) is 0.500. The van der Waals surface area contributed by atoms with Crippen molar-refractivity contribution >= 4 is 22.7 Å². The monoisotopic (exact) mass is 307 g/mol. The summed E-state index contributed by atoms with van der Waals surface area (Å²) in [5, 5.41) is 7.85. The molecule has 2 nitrogen and oxygen atoms in total. The lowest BCUT2D eigenvalue weighted by Crippen LogP contribution is -2.21. The predicted octanol–water partition coefficient (Wildman–Crippen LogP) is 4.53. The van der Waals surface area contributed by atoms with E-state index in [9.17, 15) is 0 Å². The molecule has 0 bridgehead atoms. The molecule has 0 spiro atoms. The van der Waals surface area contributed by atoms with Crippen LogP contribution >= 0.6 is 22.7 Å². The highest BCUT2D eigenvalue weighted by Gasteiger charge is 2.14. The molecule has 2 aromatic heterocycles. The molecule has 0 aliphatic heterocycles. The van der Waals surface area contributed by atoms with Gasteiger partial charge in [0.15, 0.2) is 0 Å². The Morgan fingerprint density at radius 3 is 2.95 bits per heavy atom. The Kier molecular flexibility index (Phi) is 5.25. The highest BCUT2D eigenvalue weighted by atomic mass is 32.1. The van der Waals surface area contributed by atoms with Gasteiger partial charge in [-0.3, -0.25) is 0 Å². The third-order valence-electron chi connectivity index (χ3n) is 3.69. The highest BCUT2D eigenvalue weighted by molar-refractivity contribution is 7.14. The zero-order chi connectivity index (χ0) is 13.6. The second kappa shape index (κ2) is 7.36. The van der Waals surface area contributed by atoms with Crippen LogP contribution in [0, 0.1) is 0 Å². The quantitative estimate of drug-likeness (QED) is 0.759. The maximum Gasteiger partial charge on any atom is 0.0594 e. The van der Waals surface area contributed by atoms with Gasteiger partial charge in [0.25, 0.3) is 0 Å². The Balaban J connectivity index is 1.36. The minimum absolute atomic E-state index is 0.531. The fourth-order valence-corrected chi connectivity index (χ4v) is 4.25. The van der Waals surface area contributed by atoms with Crippen molar-refractivity contribution in [2.24, 2.45) is 0 Å². The summed E-state index contributed by atoms with van der Waals surface area (Å²) < 4.78 is 5.85. The Morgan fingerprint density at radius 1 is 1.25 bits per heavy atom. The van der Waals surface area contributed by atoms with Crippen molar-refractivity contribution in [1.29, 1.82) is 0 Å². The van der Waals surface area contributed by atoms with Crippen LogP contribution in [0.5, 0.6) is 0 Å². The maximum atomic E-state index is 5.85. The normalized spacial score (nSPS) is 16.0. The van der Waals surface area contributed by atoms with Crippen molar-refractivity contribution in [3.8, 4) is 10.4 Å². The van der Waals surface area contributed by atoms with Crippen LogP contribution in [0.15, 0.2) is 29.0 Å². The van der Waals surface area contributed by atoms with Crippen molar-refractivity contribution in [3.05, 3.63) is 33.8 Å². The van der Waals surface area contributed by atoms with Crippen LogP contribution in [0.25, 0.3) is 10.4 Å². The summed E-state index contributed by atoms with van der Waals surface area (Å²) in [5.74, 6) is 0. The molecule has 0 amide bonds. The second-order valence-electron chi connectivity index (χ2n) is 5.23. The van der Waals surface area contributed by atoms with Crippen molar-refractivity contribution in [2.45, 2.75) is 38.3 Å². The smallest absolute Gasteiger partial charge is 0.0594 e. The minimum Gasteiger partial charge on any atom is -0.377 e. The van der Waals surface area contributed by atoms with Gasteiger partial charge in [-0.1, -0.05) is 18.9 Å². The van der Waals surface area contributed by atoms with E-state index in [-0.39, 0.29) is 0 Å². The van der Waals surface area contributed by atoms with E-state index in [2.05, 4.69) is 34.3 Å². The molecule has 0 atom stereocenters. The largest absolute Gasteiger partial charge is 0.377 e. The van der Waals surface area contributed by atoms with E-state index in [1.54, 1.807) is 11.3 Å². The summed E-state index contributed by atoms with van der Waals surface area (Å²) in [6.45, 7) is 2.74. The van der Waals surface area contributed by atoms with Crippen LogP contribution in [0.1, 0.15) is 30.6 Å². The van der Waals surface area contributed by atoms with Crippen LogP contribution in [0.2, 0.25) is 0 Å². The first-order chi connectivity index (χ1) is 9.92. The number of ether oxygens (including phenoxy) is 1. The summed E-state index contributed by atoms with van der Waals surface area (Å²) in [6, 6.07) is 6.58. The minimum atomic E-state index is 0.531. The van der Waals surface area contributed by atoms with E-state index >= 15 is 0 Å². The van der Waals surface area contributed by atoms with Gasteiger partial charge in [0.2, 0.25) is 0 Å². The lowest BCUT2D eigenvalue weighted by atomic mass is 10.2. The molecule has 0 unspecified atom stereocenters. The van der Waals surface area contributed by atoms with E-state index in [0.29, 0.717) is 6.10 Å². The molecule has 1 saturated carbocycles. The number of hydrogen-bond donors (Lipinski definition) is 1. The summed E-state index contributed by atoms with van der Waals surface area (Å²) in [7, 11) is 0. The molecule has 4 heteroatoms. The molecular formula is C16H21NOS2. The van der Waals surface area contributed by atoms with Gasteiger partial charge in [0.05, 0.1) is 12.7 Å². The van der Waals surface area contributed by atoms with Crippen molar-refractivity contribution in [1.82, 2.24) is 5.32 Å².